The molecule has 1 N–H and O–H groups in total. The van der Waals surface area contributed by atoms with Gasteiger partial charge in [0, 0.05) is 18.8 Å². The molecule has 0 aliphatic rings. The molecule has 0 spiro atoms. The van der Waals surface area contributed by atoms with E-state index in [4.69, 9.17) is 0 Å². The first kappa shape index (κ1) is 12.9. The Morgan fingerprint density at radius 1 is 1.65 bits per heavy atom. The fourth-order valence-corrected chi connectivity index (χ4v) is 1.21. The summed E-state index contributed by atoms with van der Waals surface area (Å²) in [5.74, 6) is -0.225. The standard InChI is InChI=1S/C10H13N3O4/c1-7-5-8(13(15)16)10(12-6-7)11-4-3-9(14)17-2/h5-6H,3-4H2,1-2H3,(H,11,12). The Kier molecular flexibility index (Phi) is 4.38. The second-order valence-electron chi connectivity index (χ2n) is 3.39. The number of carbonyl (C=O) groups is 1. The summed E-state index contributed by atoms with van der Waals surface area (Å²) in [4.78, 5) is 25.0. The first-order valence-corrected chi connectivity index (χ1v) is 4.96. The smallest absolute Gasteiger partial charge is 0.311 e. The molecule has 0 saturated carbocycles. The number of esters is 1. The van der Waals surface area contributed by atoms with Gasteiger partial charge in [-0.15, -0.1) is 0 Å². The molecule has 7 heteroatoms. The number of aromatic nitrogens is 1. The molecule has 0 aromatic carbocycles. The molecule has 7 nitrogen and oxygen atoms in total. The Balaban J connectivity index is 2.70. The SMILES string of the molecule is COC(=O)CCNc1ncc(C)cc1[N+](=O)[O-]. The quantitative estimate of drug-likeness (QED) is 0.472. The largest absolute Gasteiger partial charge is 0.469 e. The van der Waals surface area contributed by atoms with Gasteiger partial charge in [-0.25, -0.2) is 4.98 Å². The summed E-state index contributed by atoms with van der Waals surface area (Å²) >= 11 is 0. The zero-order chi connectivity index (χ0) is 12.8. The van der Waals surface area contributed by atoms with Gasteiger partial charge in [0.05, 0.1) is 18.5 Å². The van der Waals surface area contributed by atoms with Crippen LogP contribution in [0.5, 0.6) is 0 Å². The zero-order valence-electron chi connectivity index (χ0n) is 9.60. The number of ether oxygens (including phenoxy) is 1. The Hall–Kier alpha value is -2.18. The molecule has 0 fully saturated rings. The molecule has 0 aliphatic carbocycles. The van der Waals surface area contributed by atoms with Crippen LogP contribution in [0, 0.1) is 17.0 Å². The minimum absolute atomic E-state index is 0.102. The minimum atomic E-state index is -0.513. The van der Waals surface area contributed by atoms with Gasteiger partial charge < -0.3 is 10.1 Å². The molecule has 1 aromatic rings. The van der Waals surface area contributed by atoms with Crippen molar-refractivity contribution in [3.8, 4) is 0 Å². The van der Waals surface area contributed by atoms with Crippen LogP contribution in [0.25, 0.3) is 0 Å². The molecule has 0 amide bonds. The van der Waals surface area contributed by atoms with Crippen molar-refractivity contribution in [2.24, 2.45) is 0 Å². The molecule has 0 radical (unpaired) electrons. The van der Waals surface area contributed by atoms with Crippen molar-refractivity contribution in [3.63, 3.8) is 0 Å². The van der Waals surface area contributed by atoms with Gasteiger partial charge in [-0.1, -0.05) is 0 Å². The third kappa shape index (κ3) is 3.71. The molecule has 0 aliphatic heterocycles. The molecule has 1 rings (SSSR count). The minimum Gasteiger partial charge on any atom is -0.469 e. The van der Waals surface area contributed by atoms with E-state index in [1.165, 1.54) is 19.4 Å². The van der Waals surface area contributed by atoms with Crippen LogP contribution in [0.15, 0.2) is 12.3 Å². The summed E-state index contributed by atoms with van der Waals surface area (Å²) in [5.41, 5.74) is 0.602. The average Bonchev–Trinajstić information content (AvgIpc) is 2.30. The summed E-state index contributed by atoms with van der Waals surface area (Å²) < 4.78 is 4.45. The molecule has 0 bridgehead atoms. The summed E-state index contributed by atoms with van der Waals surface area (Å²) in [7, 11) is 1.29. The number of carbonyl (C=O) groups excluding carboxylic acids is 1. The Morgan fingerprint density at radius 3 is 2.94 bits per heavy atom. The number of rotatable bonds is 5. The lowest BCUT2D eigenvalue weighted by Gasteiger charge is -2.05. The van der Waals surface area contributed by atoms with Crippen LogP contribution in [0.1, 0.15) is 12.0 Å². The number of methoxy groups -OCH3 is 1. The van der Waals surface area contributed by atoms with Crippen molar-refractivity contribution >= 4 is 17.5 Å². The molecular formula is C10H13N3O4. The number of hydrogen-bond donors (Lipinski definition) is 1. The fraction of sp³-hybridized carbons (Fsp3) is 0.400. The van der Waals surface area contributed by atoms with Crippen LogP contribution in [0.2, 0.25) is 0 Å². The van der Waals surface area contributed by atoms with E-state index in [9.17, 15) is 14.9 Å². The number of nitrogens with zero attached hydrogens (tertiary/aromatic N) is 2. The third-order valence-electron chi connectivity index (χ3n) is 2.05. The highest BCUT2D eigenvalue weighted by Gasteiger charge is 2.15. The molecule has 0 saturated heterocycles. The van der Waals surface area contributed by atoms with Gasteiger partial charge in [-0.2, -0.15) is 0 Å². The fourth-order valence-electron chi connectivity index (χ4n) is 1.21. The van der Waals surface area contributed by atoms with Crippen molar-refractivity contribution in [2.45, 2.75) is 13.3 Å². The van der Waals surface area contributed by atoms with Crippen molar-refractivity contribution in [1.29, 1.82) is 0 Å². The van der Waals surface area contributed by atoms with Crippen molar-refractivity contribution in [1.82, 2.24) is 4.98 Å². The molecule has 1 heterocycles. The maximum absolute atomic E-state index is 10.9. The summed E-state index contributed by atoms with van der Waals surface area (Å²) in [5, 5.41) is 13.5. The van der Waals surface area contributed by atoms with Crippen LogP contribution >= 0.6 is 0 Å². The number of aryl methyl sites for hydroxylation is 1. The van der Waals surface area contributed by atoms with Gasteiger partial charge in [-0.3, -0.25) is 14.9 Å². The topological polar surface area (TPSA) is 94.4 Å². The normalized spacial score (nSPS) is 9.76. The lowest BCUT2D eigenvalue weighted by Crippen LogP contribution is -2.11. The summed E-state index contributed by atoms with van der Waals surface area (Å²) in [6, 6.07) is 1.42. The molecule has 0 unspecified atom stereocenters. The van der Waals surface area contributed by atoms with E-state index in [-0.39, 0.29) is 30.4 Å². The maximum Gasteiger partial charge on any atom is 0.311 e. The number of pyridine rings is 1. The first-order chi connectivity index (χ1) is 8.04. The second-order valence-corrected chi connectivity index (χ2v) is 3.39. The van der Waals surface area contributed by atoms with Crippen LogP contribution in [-0.2, 0) is 9.53 Å². The number of nitro groups is 1. The van der Waals surface area contributed by atoms with E-state index in [0.29, 0.717) is 5.56 Å². The van der Waals surface area contributed by atoms with Crippen LogP contribution in [0.4, 0.5) is 11.5 Å². The van der Waals surface area contributed by atoms with E-state index >= 15 is 0 Å². The van der Waals surface area contributed by atoms with E-state index in [0.717, 1.165) is 0 Å². The molecule has 92 valence electrons. The lowest BCUT2D eigenvalue weighted by molar-refractivity contribution is -0.384. The molecule has 0 atom stereocenters. The zero-order valence-corrected chi connectivity index (χ0v) is 9.60. The highest BCUT2D eigenvalue weighted by Crippen LogP contribution is 2.22. The second kappa shape index (κ2) is 5.78. The predicted octanol–water partition coefficient (Wildman–Crippen LogP) is 1.27. The van der Waals surface area contributed by atoms with Gasteiger partial charge in [0.25, 0.3) is 0 Å². The van der Waals surface area contributed by atoms with Gasteiger partial charge in [-0.05, 0) is 12.5 Å². The average molecular weight is 239 g/mol. The van der Waals surface area contributed by atoms with E-state index in [1.54, 1.807) is 6.92 Å². The maximum atomic E-state index is 10.9. The molecule has 1 aromatic heterocycles. The Labute approximate surface area is 98.0 Å². The third-order valence-corrected chi connectivity index (χ3v) is 2.05. The Bertz CT molecular complexity index is 434. The van der Waals surface area contributed by atoms with Crippen LogP contribution < -0.4 is 5.32 Å². The monoisotopic (exact) mass is 239 g/mol. The highest BCUT2D eigenvalue weighted by molar-refractivity contribution is 5.70. The molecular weight excluding hydrogens is 226 g/mol. The number of nitrogens with one attached hydrogen (secondary N) is 1. The van der Waals surface area contributed by atoms with Gasteiger partial charge in [0.1, 0.15) is 0 Å². The van der Waals surface area contributed by atoms with Crippen molar-refractivity contribution in [2.75, 3.05) is 19.0 Å². The Morgan fingerprint density at radius 2 is 2.35 bits per heavy atom. The molecule has 17 heavy (non-hydrogen) atoms. The number of hydrogen-bond acceptors (Lipinski definition) is 6. The van der Waals surface area contributed by atoms with Crippen molar-refractivity contribution in [3.05, 3.63) is 27.9 Å². The van der Waals surface area contributed by atoms with E-state index in [1.807, 2.05) is 0 Å². The summed E-state index contributed by atoms with van der Waals surface area (Å²) in [6.45, 7) is 1.96. The lowest BCUT2D eigenvalue weighted by atomic mass is 10.3. The predicted molar refractivity (Wildman–Crippen MR) is 60.8 cm³/mol. The number of anilines is 1. The highest BCUT2D eigenvalue weighted by atomic mass is 16.6. The first-order valence-electron chi connectivity index (χ1n) is 4.96. The van der Waals surface area contributed by atoms with Gasteiger partial charge in [0.15, 0.2) is 0 Å². The van der Waals surface area contributed by atoms with E-state index < -0.39 is 4.92 Å². The van der Waals surface area contributed by atoms with Crippen LogP contribution in [0.3, 0.4) is 0 Å². The van der Waals surface area contributed by atoms with Gasteiger partial charge in [0.2, 0.25) is 5.82 Å². The summed E-state index contributed by atoms with van der Waals surface area (Å²) in [6.07, 6.45) is 1.65. The van der Waals surface area contributed by atoms with Crippen LogP contribution in [-0.4, -0.2) is 29.5 Å². The van der Waals surface area contributed by atoms with Gasteiger partial charge >= 0.3 is 11.7 Å². The van der Waals surface area contributed by atoms with E-state index in [2.05, 4.69) is 15.0 Å². The van der Waals surface area contributed by atoms with Crippen molar-refractivity contribution < 1.29 is 14.5 Å².